The molecule has 1 rings (SSSR count). The highest BCUT2D eigenvalue weighted by Gasteiger charge is 2.08. The maximum Gasteiger partial charge on any atom is 0.172 e. The Hall–Kier alpha value is -1.34. The van der Waals surface area contributed by atoms with Gasteiger partial charge in [-0.2, -0.15) is 5.10 Å². The normalized spacial score (nSPS) is 11.6. The van der Waals surface area contributed by atoms with Crippen molar-refractivity contribution in [2.75, 3.05) is 12.4 Å². The van der Waals surface area contributed by atoms with E-state index in [1.165, 1.54) is 18.0 Å². The Morgan fingerprint density at radius 1 is 1.64 bits per heavy atom. The van der Waals surface area contributed by atoms with Gasteiger partial charge in [-0.15, -0.1) is 16.9 Å². The second-order valence-corrected chi connectivity index (χ2v) is 3.39. The van der Waals surface area contributed by atoms with Gasteiger partial charge in [0.2, 0.25) is 0 Å². The predicted molar refractivity (Wildman–Crippen MR) is 52.4 cm³/mol. The number of nitrogens with zero attached hydrogens (tertiary/aromatic N) is 3. The fourth-order valence-corrected chi connectivity index (χ4v) is 1.53. The first-order valence-electron chi connectivity index (χ1n) is 3.83. The van der Waals surface area contributed by atoms with Gasteiger partial charge in [0.25, 0.3) is 0 Å². The van der Waals surface area contributed by atoms with E-state index < -0.39 is 0 Å². The minimum atomic E-state index is -0.0136. The minimum absolute atomic E-state index is 0.0136. The van der Waals surface area contributed by atoms with E-state index in [-0.39, 0.29) is 12.4 Å². The van der Waals surface area contributed by atoms with Gasteiger partial charge in [0.1, 0.15) is 5.03 Å². The first-order chi connectivity index (χ1) is 6.79. The summed E-state index contributed by atoms with van der Waals surface area (Å²) in [4.78, 5) is 0. The molecule has 0 amide bonds. The summed E-state index contributed by atoms with van der Waals surface area (Å²) in [6.07, 6.45) is 1.45. The van der Waals surface area contributed by atoms with E-state index in [1.807, 2.05) is 0 Å². The second-order valence-electron chi connectivity index (χ2n) is 2.31. The number of rotatable bonds is 4. The van der Waals surface area contributed by atoms with E-state index in [0.29, 0.717) is 16.3 Å². The first-order valence-corrected chi connectivity index (χ1v) is 4.81. The summed E-state index contributed by atoms with van der Waals surface area (Å²) in [6, 6.07) is 1.60. The first kappa shape index (κ1) is 10.7. The Bertz CT molecular complexity index is 331. The van der Waals surface area contributed by atoms with Crippen molar-refractivity contribution in [1.29, 1.82) is 0 Å². The number of aromatic nitrogens is 2. The molecule has 0 aliphatic carbocycles. The van der Waals surface area contributed by atoms with Crippen molar-refractivity contribution in [3.63, 3.8) is 0 Å². The lowest BCUT2D eigenvalue weighted by Gasteiger charge is -2.03. The SMILES string of the molecule is N/C(=N/O)c1ccnnc1SCCO. The van der Waals surface area contributed by atoms with Crippen LogP contribution in [0, 0.1) is 0 Å². The summed E-state index contributed by atoms with van der Waals surface area (Å²) in [5.74, 6) is 0.477. The lowest BCUT2D eigenvalue weighted by Crippen LogP contribution is -2.15. The smallest absolute Gasteiger partial charge is 0.172 e. The highest BCUT2D eigenvalue weighted by atomic mass is 32.2. The third-order valence-electron chi connectivity index (χ3n) is 1.40. The largest absolute Gasteiger partial charge is 0.409 e. The summed E-state index contributed by atoms with van der Waals surface area (Å²) in [5, 5.41) is 28.0. The van der Waals surface area contributed by atoms with Gasteiger partial charge < -0.3 is 16.0 Å². The van der Waals surface area contributed by atoms with Crippen LogP contribution in [0.5, 0.6) is 0 Å². The monoisotopic (exact) mass is 214 g/mol. The van der Waals surface area contributed by atoms with Crippen molar-refractivity contribution in [1.82, 2.24) is 10.2 Å². The van der Waals surface area contributed by atoms with E-state index in [9.17, 15) is 0 Å². The third kappa shape index (κ3) is 2.57. The summed E-state index contributed by atoms with van der Waals surface area (Å²) in [7, 11) is 0. The number of nitrogens with two attached hydrogens (primary N) is 1. The zero-order valence-electron chi connectivity index (χ0n) is 7.29. The average molecular weight is 214 g/mol. The molecular weight excluding hydrogens is 204 g/mol. The van der Waals surface area contributed by atoms with Crippen LogP contribution < -0.4 is 5.73 Å². The van der Waals surface area contributed by atoms with Crippen molar-refractivity contribution >= 4 is 17.6 Å². The molecular formula is C7H10N4O2S. The molecule has 0 aromatic carbocycles. The molecule has 0 spiro atoms. The molecule has 7 heteroatoms. The van der Waals surface area contributed by atoms with Crippen molar-refractivity contribution in [3.8, 4) is 0 Å². The Morgan fingerprint density at radius 2 is 2.43 bits per heavy atom. The number of oxime groups is 1. The predicted octanol–water partition coefficient (Wildman–Crippen LogP) is -0.344. The van der Waals surface area contributed by atoms with Crippen LogP contribution in [-0.4, -0.2) is 38.7 Å². The molecule has 14 heavy (non-hydrogen) atoms. The molecule has 4 N–H and O–H groups in total. The van der Waals surface area contributed by atoms with Gasteiger partial charge in [0.05, 0.1) is 18.4 Å². The van der Waals surface area contributed by atoms with E-state index in [4.69, 9.17) is 16.0 Å². The second kappa shape index (κ2) is 5.40. The van der Waals surface area contributed by atoms with Crippen molar-refractivity contribution < 1.29 is 10.3 Å². The Morgan fingerprint density at radius 3 is 3.07 bits per heavy atom. The summed E-state index contributed by atoms with van der Waals surface area (Å²) in [5.41, 5.74) is 5.94. The average Bonchev–Trinajstić information content (AvgIpc) is 2.25. The molecule has 0 atom stereocenters. The number of thioether (sulfide) groups is 1. The highest BCUT2D eigenvalue weighted by molar-refractivity contribution is 7.99. The van der Waals surface area contributed by atoms with Crippen LogP contribution >= 0.6 is 11.8 Å². The molecule has 76 valence electrons. The highest BCUT2D eigenvalue weighted by Crippen LogP contribution is 2.18. The van der Waals surface area contributed by atoms with E-state index in [1.54, 1.807) is 6.07 Å². The quantitative estimate of drug-likeness (QED) is 0.208. The van der Waals surface area contributed by atoms with E-state index in [2.05, 4.69) is 15.4 Å². The van der Waals surface area contributed by atoms with Crippen molar-refractivity contribution in [3.05, 3.63) is 17.8 Å². The lowest BCUT2D eigenvalue weighted by molar-refractivity contribution is 0.318. The molecule has 0 fully saturated rings. The summed E-state index contributed by atoms with van der Waals surface area (Å²) in [6.45, 7) is 0.0385. The number of aliphatic hydroxyl groups is 1. The summed E-state index contributed by atoms with van der Waals surface area (Å²) < 4.78 is 0. The fourth-order valence-electron chi connectivity index (χ4n) is 0.817. The molecule has 1 aromatic rings. The number of hydrogen-bond donors (Lipinski definition) is 3. The van der Waals surface area contributed by atoms with Crippen LogP contribution in [0.2, 0.25) is 0 Å². The van der Waals surface area contributed by atoms with E-state index >= 15 is 0 Å². The molecule has 6 nitrogen and oxygen atoms in total. The molecule has 0 saturated heterocycles. The zero-order valence-corrected chi connectivity index (χ0v) is 8.11. The van der Waals surface area contributed by atoms with Crippen LogP contribution in [0.3, 0.4) is 0 Å². The van der Waals surface area contributed by atoms with Gasteiger partial charge >= 0.3 is 0 Å². The fraction of sp³-hybridized carbons (Fsp3) is 0.286. The Balaban J connectivity index is 2.91. The lowest BCUT2D eigenvalue weighted by atomic mass is 10.3. The Labute approximate surface area is 84.8 Å². The van der Waals surface area contributed by atoms with Gasteiger partial charge in [-0.05, 0) is 6.07 Å². The van der Waals surface area contributed by atoms with Crippen molar-refractivity contribution in [2.24, 2.45) is 10.9 Å². The summed E-state index contributed by atoms with van der Waals surface area (Å²) >= 11 is 1.30. The zero-order chi connectivity index (χ0) is 10.4. The topological polar surface area (TPSA) is 105 Å². The maximum atomic E-state index is 8.63. The molecule has 0 unspecified atom stereocenters. The number of amidine groups is 1. The number of aliphatic hydroxyl groups excluding tert-OH is 1. The standard InChI is InChI=1S/C7H10N4O2S/c8-6(11-13)5-1-2-9-10-7(5)14-4-3-12/h1-2,12-13H,3-4H2,(H2,8,11). The molecule has 1 aromatic heterocycles. The molecule has 0 saturated carbocycles. The van der Waals surface area contributed by atoms with Gasteiger partial charge in [-0.25, -0.2) is 0 Å². The maximum absolute atomic E-state index is 8.63. The Kier molecular flexibility index (Phi) is 4.14. The van der Waals surface area contributed by atoms with Crippen LogP contribution in [-0.2, 0) is 0 Å². The van der Waals surface area contributed by atoms with E-state index in [0.717, 1.165) is 0 Å². The third-order valence-corrected chi connectivity index (χ3v) is 2.36. The molecule has 1 heterocycles. The minimum Gasteiger partial charge on any atom is -0.409 e. The van der Waals surface area contributed by atoms with Crippen LogP contribution in [0.15, 0.2) is 22.4 Å². The number of hydrogen-bond acceptors (Lipinski definition) is 6. The van der Waals surface area contributed by atoms with Crippen LogP contribution in [0.1, 0.15) is 5.56 Å². The molecule has 0 aliphatic rings. The van der Waals surface area contributed by atoms with Crippen LogP contribution in [0.4, 0.5) is 0 Å². The van der Waals surface area contributed by atoms with Crippen molar-refractivity contribution in [2.45, 2.75) is 5.03 Å². The van der Waals surface area contributed by atoms with Crippen LogP contribution in [0.25, 0.3) is 0 Å². The molecule has 0 bridgehead atoms. The van der Waals surface area contributed by atoms with Gasteiger partial charge in [0, 0.05) is 5.75 Å². The van der Waals surface area contributed by atoms with Gasteiger partial charge in [-0.1, -0.05) is 5.16 Å². The molecule has 0 radical (unpaired) electrons. The molecule has 0 aliphatic heterocycles. The van der Waals surface area contributed by atoms with Gasteiger partial charge in [0.15, 0.2) is 5.84 Å². The van der Waals surface area contributed by atoms with Gasteiger partial charge in [-0.3, -0.25) is 0 Å².